The Labute approximate surface area is 206 Å². The Kier molecular flexibility index (Phi) is 10.9. The van der Waals surface area contributed by atoms with E-state index in [1.165, 1.54) is 104 Å². The van der Waals surface area contributed by atoms with E-state index in [0.29, 0.717) is 6.17 Å². The topological polar surface area (TPSA) is 19.4 Å². The average Bonchev–Trinajstić information content (AvgIpc) is 3.57. The molecular formula is C27H56N6. The van der Waals surface area contributed by atoms with E-state index in [0.717, 1.165) is 19.1 Å². The molecule has 0 aromatic rings. The van der Waals surface area contributed by atoms with E-state index in [4.69, 9.17) is 0 Å². The highest BCUT2D eigenvalue weighted by molar-refractivity contribution is 5.06. The van der Waals surface area contributed by atoms with Gasteiger partial charge in [0.1, 0.15) is 0 Å². The molecule has 0 amide bonds. The van der Waals surface area contributed by atoms with Crippen LogP contribution in [0.4, 0.5) is 0 Å². The van der Waals surface area contributed by atoms with Gasteiger partial charge in [0.25, 0.3) is 0 Å². The first-order chi connectivity index (χ1) is 16.0. The number of hydrogen-bond acceptors (Lipinski definition) is 6. The van der Waals surface area contributed by atoms with Crippen molar-refractivity contribution in [1.29, 1.82) is 0 Å². The molecular weight excluding hydrogens is 408 g/mol. The third-order valence-electron chi connectivity index (χ3n) is 8.89. The van der Waals surface area contributed by atoms with E-state index in [2.05, 4.69) is 71.2 Å². The molecule has 0 aromatic carbocycles. The first kappa shape index (κ1) is 27.3. The molecule has 3 heterocycles. The van der Waals surface area contributed by atoms with Crippen LogP contribution in [0.1, 0.15) is 66.2 Å². The molecule has 3 fully saturated rings. The van der Waals surface area contributed by atoms with Gasteiger partial charge in [0.05, 0.1) is 11.7 Å². The van der Waals surface area contributed by atoms with Gasteiger partial charge in [-0.2, -0.15) is 0 Å². The van der Waals surface area contributed by atoms with Crippen molar-refractivity contribution in [3.05, 3.63) is 0 Å². The van der Waals surface area contributed by atoms with Gasteiger partial charge in [-0.3, -0.25) is 19.6 Å². The van der Waals surface area contributed by atoms with Crippen LogP contribution in [0.25, 0.3) is 0 Å². The summed E-state index contributed by atoms with van der Waals surface area (Å²) in [6.45, 7) is 24.3. The summed E-state index contributed by atoms with van der Waals surface area (Å²) in [6.07, 6.45) is 8.50. The predicted molar refractivity (Wildman–Crippen MR) is 142 cm³/mol. The van der Waals surface area contributed by atoms with E-state index in [1.807, 2.05) is 0 Å². The minimum atomic E-state index is 0.239. The van der Waals surface area contributed by atoms with Crippen molar-refractivity contribution in [2.24, 2.45) is 0 Å². The van der Waals surface area contributed by atoms with Crippen molar-refractivity contribution in [2.45, 2.75) is 84.0 Å². The molecule has 0 N–H and O–H groups in total. The molecule has 3 aliphatic rings. The highest BCUT2D eigenvalue weighted by Crippen LogP contribution is 2.36. The first-order valence-corrected chi connectivity index (χ1v) is 14.3. The molecule has 33 heavy (non-hydrogen) atoms. The molecule has 0 saturated carbocycles. The molecule has 0 aliphatic carbocycles. The van der Waals surface area contributed by atoms with Gasteiger partial charge < -0.3 is 9.80 Å². The van der Waals surface area contributed by atoms with Crippen LogP contribution in [-0.4, -0.2) is 140 Å². The zero-order chi connectivity index (χ0) is 23.8. The van der Waals surface area contributed by atoms with Gasteiger partial charge in [0.15, 0.2) is 0 Å². The summed E-state index contributed by atoms with van der Waals surface area (Å²) in [6, 6.07) is 0.784. The van der Waals surface area contributed by atoms with E-state index < -0.39 is 0 Å². The standard InChI is InChI=1S/C27H56N6/c1-7-15-32(16-8-2)25-13-19-29(23-25)21-22-30-20-14-27(24-30,28(5)6)26(31(9-3)10-4)33-17-11-12-18-33/h25-26H,7-24H2,1-6H3. The minimum Gasteiger partial charge on any atom is -0.300 e. The van der Waals surface area contributed by atoms with Crippen LogP contribution in [0, 0.1) is 0 Å². The number of rotatable bonds is 14. The van der Waals surface area contributed by atoms with Crippen molar-refractivity contribution >= 4 is 0 Å². The van der Waals surface area contributed by atoms with Crippen LogP contribution in [0.3, 0.4) is 0 Å². The second-order valence-electron chi connectivity index (χ2n) is 11.1. The molecule has 0 aromatic heterocycles. The maximum atomic E-state index is 2.82. The Bertz CT molecular complexity index is 539. The molecule has 6 nitrogen and oxygen atoms in total. The molecule has 0 spiro atoms. The Hall–Kier alpha value is -0.240. The van der Waals surface area contributed by atoms with Gasteiger partial charge in [-0.15, -0.1) is 0 Å². The van der Waals surface area contributed by atoms with Crippen LogP contribution < -0.4 is 0 Å². The summed E-state index contributed by atoms with van der Waals surface area (Å²) in [4.78, 5) is 16.5. The summed E-state index contributed by atoms with van der Waals surface area (Å²) < 4.78 is 0. The van der Waals surface area contributed by atoms with Crippen molar-refractivity contribution in [3.63, 3.8) is 0 Å². The number of likely N-dealkylation sites (tertiary alicyclic amines) is 3. The quantitative estimate of drug-likeness (QED) is 0.391. The highest BCUT2D eigenvalue weighted by Gasteiger charge is 2.50. The Balaban J connectivity index is 1.59. The van der Waals surface area contributed by atoms with Gasteiger partial charge in [-0.05, 0) is 98.4 Å². The molecule has 3 atom stereocenters. The van der Waals surface area contributed by atoms with Crippen LogP contribution >= 0.6 is 0 Å². The van der Waals surface area contributed by atoms with Crippen LogP contribution in [0.15, 0.2) is 0 Å². The van der Waals surface area contributed by atoms with E-state index in [9.17, 15) is 0 Å². The molecule has 3 saturated heterocycles. The lowest BCUT2D eigenvalue weighted by atomic mass is 9.90. The zero-order valence-electron chi connectivity index (χ0n) is 23.1. The molecule has 0 bridgehead atoms. The van der Waals surface area contributed by atoms with Crippen LogP contribution in [0.5, 0.6) is 0 Å². The monoisotopic (exact) mass is 464 g/mol. The predicted octanol–water partition coefficient (Wildman–Crippen LogP) is 2.95. The third kappa shape index (κ3) is 6.50. The average molecular weight is 465 g/mol. The number of hydrogen-bond donors (Lipinski definition) is 0. The van der Waals surface area contributed by atoms with Crippen molar-refractivity contribution in [1.82, 2.24) is 29.4 Å². The lowest BCUT2D eigenvalue weighted by Crippen LogP contribution is -2.67. The van der Waals surface area contributed by atoms with E-state index >= 15 is 0 Å². The zero-order valence-corrected chi connectivity index (χ0v) is 23.1. The molecule has 6 heteroatoms. The van der Waals surface area contributed by atoms with Crippen molar-refractivity contribution < 1.29 is 0 Å². The van der Waals surface area contributed by atoms with Crippen molar-refractivity contribution in [3.8, 4) is 0 Å². The second kappa shape index (κ2) is 13.2. The fourth-order valence-corrected chi connectivity index (χ4v) is 7.01. The summed E-state index contributed by atoms with van der Waals surface area (Å²) >= 11 is 0. The first-order valence-electron chi connectivity index (χ1n) is 14.3. The largest absolute Gasteiger partial charge is 0.300 e. The number of likely N-dealkylation sites (N-methyl/N-ethyl adjacent to an activating group) is 2. The molecule has 194 valence electrons. The molecule has 3 aliphatic heterocycles. The Morgan fingerprint density at radius 1 is 0.848 bits per heavy atom. The summed E-state index contributed by atoms with van der Waals surface area (Å²) in [5.41, 5.74) is 0.239. The van der Waals surface area contributed by atoms with Crippen molar-refractivity contribution in [2.75, 3.05) is 92.6 Å². The smallest absolute Gasteiger partial charge is 0.0825 e. The van der Waals surface area contributed by atoms with E-state index in [1.54, 1.807) is 0 Å². The maximum absolute atomic E-state index is 2.82. The fraction of sp³-hybridized carbons (Fsp3) is 1.00. The van der Waals surface area contributed by atoms with Gasteiger partial charge >= 0.3 is 0 Å². The highest BCUT2D eigenvalue weighted by atomic mass is 15.4. The Morgan fingerprint density at radius 2 is 1.48 bits per heavy atom. The van der Waals surface area contributed by atoms with Gasteiger partial charge in [0.2, 0.25) is 0 Å². The summed E-state index contributed by atoms with van der Waals surface area (Å²) in [5.74, 6) is 0. The maximum Gasteiger partial charge on any atom is 0.0825 e. The summed E-state index contributed by atoms with van der Waals surface area (Å²) in [5, 5.41) is 0. The normalized spacial score (nSPS) is 28.8. The van der Waals surface area contributed by atoms with E-state index in [-0.39, 0.29) is 5.54 Å². The lowest BCUT2D eigenvalue weighted by molar-refractivity contribution is -0.0517. The fourth-order valence-electron chi connectivity index (χ4n) is 7.01. The molecule has 0 radical (unpaired) electrons. The van der Waals surface area contributed by atoms with Gasteiger partial charge in [-0.25, -0.2) is 0 Å². The molecule has 3 unspecified atom stereocenters. The lowest BCUT2D eigenvalue weighted by Gasteiger charge is -2.51. The third-order valence-corrected chi connectivity index (χ3v) is 8.89. The van der Waals surface area contributed by atoms with Crippen LogP contribution in [0.2, 0.25) is 0 Å². The number of nitrogens with zero attached hydrogens (tertiary/aromatic N) is 6. The summed E-state index contributed by atoms with van der Waals surface area (Å²) in [7, 11) is 4.69. The molecule has 3 rings (SSSR count). The van der Waals surface area contributed by atoms with Gasteiger partial charge in [-0.1, -0.05) is 27.7 Å². The van der Waals surface area contributed by atoms with Gasteiger partial charge in [0, 0.05) is 38.8 Å². The second-order valence-corrected chi connectivity index (χ2v) is 11.1. The minimum absolute atomic E-state index is 0.239. The van der Waals surface area contributed by atoms with Crippen LogP contribution in [-0.2, 0) is 0 Å². The SMILES string of the molecule is CCCN(CCC)C1CCN(CCN2CCC(C(N(CC)CC)N3CCCC3)(N(C)C)C2)C1. The Morgan fingerprint density at radius 3 is 2.06 bits per heavy atom.